The third-order valence-electron chi connectivity index (χ3n) is 3.32. The molecule has 2 aromatic heterocycles. The molecule has 2 aromatic rings. The average Bonchev–Trinajstić information content (AvgIpc) is 3.07. The molecule has 0 radical (unpaired) electrons. The van der Waals surface area contributed by atoms with Gasteiger partial charge in [-0.1, -0.05) is 34.8 Å². The molecule has 0 fully saturated rings. The van der Waals surface area contributed by atoms with Gasteiger partial charge >= 0.3 is 0 Å². The van der Waals surface area contributed by atoms with Gasteiger partial charge in [0.2, 0.25) is 0 Å². The molecule has 3 heterocycles. The third kappa shape index (κ3) is 4.55. The van der Waals surface area contributed by atoms with Gasteiger partial charge in [-0.15, -0.1) is 11.8 Å². The molecule has 9 heteroatoms. The number of aryl methyl sites for hydroxylation is 1. The summed E-state index contributed by atoms with van der Waals surface area (Å²) >= 11 is 18.9. The summed E-state index contributed by atoms with van der Waals surface area (Å²) in [6, 6.07) is 3.93. The zero-order valence-corrected chi connectivity index (χ0v) is 15.8. The predicted molar refractivity (Wildman–Crippen MR) is 98.2 cm³/mol. The zero-order valence-electron chi connectivity index (χ0n) is 12.8. The Bertz CT molecular complexity index is 877. The Labute approximate surface area is 164 Å². The first-order valence-electron chi connectivity index (χ1n) is 7.07. The zero-order chi connectivity index (χ0) is 18.4. The smallest absolute Gasteiger partial charge is 0.148 e. The van der Waals surface area contributed by atoms with Crippen LogP contribution >= 0.6 is 46.6 Å². The first kappa shape index (κ1) is 19.8. The quantitative estimate of drug-likeness (QED) is 0.746. The van der Waals surface area contributed by atoms with Crippen molar-refractivity contribution in [2.45, 2.75) is 17.7 Å². The van der Waals surface area contributed by atoms with E-state index in [-0.39, 0.29) is 22.3 Å². The van der Waals surface area contributed by atoms with Gasteiger partial charge in [-0.25, -0.2) is 9.97 Å². The van der Waals surface area contributed by atoms with E-state index in [1.807, 2.05) is 6.07 Å². The molecular formula is C16H11Cl3N4OS. The summed E-state index contributed by atoms with van der Waals surface area (Å²) in [5.41, 5.74) is 2.48. The summed E-state index contributed by atoms with van der Waals surface area (Å²) < 4.78 is 0. The van der Waals surface area contributed by atoms with Crippen molar-refractivity contribution in [2.75, 3.05) is 12.4 Å². The molecule has 5 nitrogen and oxygen atoms in total. The van der Waals surface area contributed by atoms with Gasteiger partial charge in [0.05, 0.1) is 5.02 Å². The normalized spacial score (nSPS) is 11.8. The van der Waals surface area contributed by atoms with Crippen LogP contribution in [0.5, 0.6) is 0 Å². The highest BCUT2D eigenvalue weighted by Crippen LogP contribution is 2.35. The van der Waals surface area contributed by atoms with Crippen molar-refractivity contribution in [3.63, 3.8) is 0 Å². The minimum atomic E-state index is -0.0338. The van der Waals surface area contributed by atoms with Crippen LogP contribution in [0.3, 0.4) is 0 Å². The van der Waals surface area contributed by atoms with Gasteiger partial charge in [0, 0.05) is 29.6 Å². The summed E-state index contributed by atoms with van der Waals surface area (Å²) in [6.45, 7) is -0.0338. The van der Waals surface area contributed by atoms with E-state index in [0.29, 0.717) is 22.7 Å². The molecule has 25 heavy (non-hydrogen) atoms. The first-order chi connectivity index (χ1) is 12.0. The summed E-state index contributed by atoms with van der Waals surface area (Å²) in [5.74, 6) is 1.03. The number of aliphatic hydroxyl groups is 1. The molecule has 128 valence electrons. The van der Waals surface area contributed by atoms with E-state index >= 15 is 0 Å². The van der Waals surface area contributed by atoms with E-state index in [2.05, 4.69) is 16.0 Å². The summed E-state index contributed by atoms with van der Waals surface area (Å²) in [7, 11) is 0. The van der Waals surface area contributed by atoms with Crippen LogP contribution in [-0.2, 0) is 12.8 Å². The number of nitriles is 2. The van der Waals surface area contributed by atoms with Gasteiger partial charge in [0.25, 0.3) is 0 Å². The summed E-state index contributed by atoms with van der Waals surface area (Å²) in [6.07, 6.45) is 4.59. The fraction of sp³-hybridized carbons (Fsp3) is 0.250. The van der Waals surface area contributed by atoms with Crippen molar-refractivity contribution in [3.05, 3.63) is 50.0 Å². The van der Waals surface area contributed by atoms with Crippen molar-refractivity contribution in [3.8, 4) is 12.1 Å². The van der Waals surface area contributed by atoms with Crippen molar-refractivity contribution in [1.82, 2.24) is 9.97 Å². The van der Waals surface area contributed by atoms with Crippen LogP contribution in [0.1, 0.15) is 22.3 Å². The Balaban J connectivity index is 0.000000181. The SMILES string of the molecule is N#Cc1c(Cl)ncc(CCO)c1Cl.N#Cc1c(Cl)ncc2c1SCC2. The van der Waals surface area contributed by atoms with E-state index in [9.17, 15) is 0 Å². The second kappa shape index (κ2) is 9.24. The van der Waals surface area contributed by atoms with Gasteiger partial charge < -0.3 is 5.11 Å². The Morgan fingerprint density at radius 2 is 1.72 bits per heavy atom. The standard InChI is InChI=1S/C8H6Cl2N2O.C8H5ClN2S/c9-7-5(1-2-13)4-12-8(10)6(7)3-11;9-8-6(3-10)7-5(4-11-8)1-2-12-7/h4,13H,1-2H2;4H,1-2H2. The second-order valence-corrected chi connectivity index (χ2v) is 7.04. The lowest BCUT2D eigenvalue weighted by Gasteiger charge is -2.03. The van der Waals surface area contributed by atoms with Crippen LogP contribution in [0.15, 0.2) is 17.3 Å². The lowest BCUT2D eigenvalue weighted by Crippen LogP contribution is -1.96. The van der Waals surface area contributed by atoms with Gasteiger partial charge in [0.1, 0.15) is 33.6 Å². The van der Waals surface area contributed by atoms with Crippen molar-refractivity contribution < 1.29 is 5.11 Å². The number of halogens is 3. The highest BCUT2D eigenvalue weighted by atomic mass is 35.5. The van der Waals surface area contributed by atoms with E-state index in [0.717, 1.165) is 22.6 Å². The highest BCUT2D eigenvalue weighted by Gasteiger charge is 2.18. The number of aromatic nitrogens is 2. The number of nitrogens with zero attached hydrogens (tertiary/aromatic N) is 4. The Hall–Kier alpha value is -1.54. The maximum Gasteiger partial charge on any atom is 0.148 e. The van der Waals surface area contributed by atoms with Gasteiger partial charge in [-0.3, -0.25) is 0 Å². The van der Waals surface area contributed by atoms with E-state index in [1.165, 1.54) is 6.20 Å². The van der Waals surface area contributed by atoms with Crippen LogP contribution in [0.2, 0.25) is 15.3 Å². The summed E-state index contributed by atoms with van der Waals surface area (Å²) in [4.78, 5) is 8.75. The number of rotatable bonds is 2. The maximum absolute atomic E-state index is 8.79. The molecule has 0 amide bonds. The Morgan fingerprint density at radius 3 is 2.36 bits per heavy atom. The molecule has 1 aliphatic rings. The van der Waals surface area contributed by atoms with E-state index in [1.54, 1.807) is 18.0 Å². The van der Waals surface area contributed by atoms with Gasteiger partial charge in [-0.05, 0) is 24.0 Å². The van der Waals surface area contributed by atoms with Gasteiger partial charge in [-0.2, -0.15) is 10.5 Å². The Kier molecular flexibility index (Phi) is 7.31. The summed E-state index contributed by atoms with van der Waals surface area (Å²) in [5, 5.41) is 26.8. The number of fused-ring (bicyclic) bond motifs is 1. The molecule has 1 N–H and O–H groups in total. The first-order valence-corrected chi connectivity index (χ1v) is 9.19. The molecule has 0 atom stereocenters. The Morgan fingerprint density at radius 1 is 1.08 bits per heavy atom. The molecule has 0 aromatic carbocycles. The fourth-order valence-corrected chi connectivity index (χ4v) is 4.02. The van der Waals surface area contributed by atoms with Crippen LogP contribution in [-0.4, -0.2) is 27.4 Å². The molecule has 1 aliphatic heterocycles. The van der Waals surface area contributed by atoms with Crippen molar-refractivity contribution in [1.29, 1.82) is 10.5 Å². The van der Waals surface area contributed by atoms with Crippen LogP contribution in [0.4, 0.5) is 0 Å². The number of pyridine rings is 2. The van der Waals surface area contributed by atoms with E-state index in [4.69, 9.17) is 50.4 Å². The molecular weight excluding hydrogens is 403 g/mol. The van der Waals surface area contributed by atoms with Gasteiger partial charge in [0.15, 0.2) is 0 Å². The molecule has 3 rings (SSSR count). The van der Waals surface area contributed by atoms with Crippen molar-refractivity contribution >= 4 is 46.6 Å². The molecule has 0 bridgehead atoms. The monoisotopic (exact) mass is 412 g/mol. The number of hydrogen-bond acceptors (Lipinski definition) is 6. The molecule has 0 saturated carbocycles. The van der Waals surface area contributed by atoms with Crippen LogP contribution in [0.25, 0.3) is 0 Å². The lowest BCUT2D eigenvalue weighted by molar-refractivity contribution is 0.299. The molecule has 0 saturated heterocycles. The van der Waals surface area contributed by atoms with Crippen LogP contribution < -0.4 is 0 Å². The second-order valence-electron chi connectivity index (χ2n) is 4.84. The minimum absolute atomic E-state index is 0.0338. The van der Waals surface area contributed by atoms with Crippen LogP contribution in [0, 0.1) is 22.7 Å². The van der Waals surface area contributed by atoms with Crippen molar-refractivity contribution in [2.24, 2.45) is 0 Å². The molecule has 0 aliphatic carbocycles. The molecule has 0 spiro atoms. The fourth-order valence-electron chi connectivity index (χ4n) is 2.11. The molecule has 0 unspecified atom stereocenters. The topological polar surface area (TPSA) is 93.6 Å². The highest BCUT2D eigenvalue weighted by molar-refractivity contribution is 7.99. The third-order valence-corrected chi connectivity index (χ3v) is 5.49. The lowest BCUT2D eigenvalue weighted by atomic mass is 10.1. The predicted octanol–water partition coefficient (Wildman–Crippen LogP) is 4.05. The largest absolute Gasteiger partial charge is 0.396 e. The number of hydrogen-bond donors (Lipinski definition) is 1. The number of thioether (sulfide) groups is 1. The van der Waals surface area contributed by atoms with E-state index < -0.39 is 0 Å². The number of aliphatic hydroxyl groups excluding tert-OH is 1. The minimum Gasteiger partial charge on any atom is -0.396 e. The maximum atomic E-state index is 8.79. The average molecular weight is 414 g/mol.